The summed E-state index contributed by atoms with van der Waals surface area (Å²) in [6.45, 7) is -0.181. The van der Waals surface area contributed by atoms with Gasteiger partial charge in [0.1, 0.15) is 11.1 Å². The zero-order valence-electron chi connectivity index (χ0n) is 16.8. The third kappa shape index (κ3) is 5.20. The van der Waals surface area contributed by atoms with Crippen LogP contribution in [0.2, 0.25) is 0 Å². The lowest BCUT2D eigenvalue weighted by Gasteiger charge is -2.11. The molecule has 7 nitrogen and oxygen atoms in total. The summed E-state index contributed by atoms with van der Waals surface area (Å²) in [5.41, 5.74) is 2.07. The van der Waals surface area contributed by atoms with Gasteiger partial charge in [-0.05, 0) is 35.2 Å². The van der Waals surface area contributed by atoms with Crippen molar-refractivity contribution < 1.29 is 14.3 Å². The first kappa shape index (κ1) is 21.7. The predicted octanol–water partition coefficient (Wildman–Crippen LogP) is 5.42. The second kappa shape index (κ2) is 10.2. The number of methoxy groups -OCH3 is 1. The third-order valence-electron chi connectivity index (χ3n) is 4.16. The van der Waals surface area contributed by atoms with Crippen LogP contribution < -0.4 is 14.8 Å². The highest BCUT2D eigenvalue weighted by Gasteiger charge is 2.12. The lowest BCUT2D eigenvalue weighted by molar-refractivity contribution is -0.118. The van der Waals surface area contributed by atoms with Crippen LogP contribution in [0.25, 0.3) is 22.2 Å². The number of hydrogen-bond donors (Lipinski definition) is 1. The Morgan fingerprint density at radius 2 is 2.12 bits per heavy atom. The van der Waals surface area contributed by atoms with Crippen molar-refractivity contribution in [1.82, 2.24) is 9.97 Å². The largest absolute Gasteiger partial charge is 0.493 e. The highest BCUT2D eigenvalue weighted by molar-refractivity contribution is 7.14. The van der Waals surface area contributed by atoms with Gasteiger partial charge in [0, 0.05) is 17.0 Å². The summed E-state index contributed by atoms with van der Waals surface area (Å²) < 4.78 is 11.0. The second-order valence-electron chi connectivity index (χ2n) is 6.27. The Morgan fingerprint density at radius 1 is 1.22 bits per heavy atom. The standard InChI is InChI=1S/C22H16N4O3S3/c1-28-18-10-14(4-5-17(18)29-12-20(27)26-22-24-6-8-31-22)9-15(11-23)21-25-16(13-32-21)19-3-2-7-30-19/h2-10,13H,12H2,1H3,(H,24,26,27)/b15-9+. The fourth-order valence-electron chi connectivity index (χ4n) is 2.72. The minimum Gasteiger partial charge on any atom is -0.493 e. The zero-order valence-corrected chi connectivity index (χ0v) is 19.2. The van der Waals surface area contributed by atoms with Gasteiger partial charge in [0.15, 0.2) is 23.2 Å². The van der Waals surface area contributed by atoms with Crippen molar-refractivity contribution in [1.29, 1.82) is 5.26 Å². The number of anilines is 1. The molecule has 0 saturated carbocycles. The lowest BCUT2D eigenvalue weighted by Crippen LogP contribution is -2.20. The first-order valence-electron chi connectivity index (χ1n) is 9.28. The van der Waals surface area contributed by atoms with Crippen molar-refractivity contribution in [2.75, 3.05) is 19.0 Å². The molecule has 3 heterocycles. The molecule has 0 radical (unpaired) electrons. The molecule has 1 N–H and O–H groups in total. The van der Waals surface area contributed by atoms with Crippen LogP contribution in [0.5, 0.6) is 11.5 Å². The Balaban J connectivity index is 1.48. The molecular weight excluding hydrogens is 464 g/mol. The molecule has 0 fully saturated rings. The second-order valence-corrected chi connectivity index (χ2v) is 8.97. The van der Waals surface area contributed by atoms with Crippen LogP contribution in [0.3, 0.4) is 0 Å². The smallest absolute Gasteiger partial charge is 0.264 e. The summed E-state index contributed by atoms with van der Waals surface area (Å²) in [7, 11) is 1.52. The maximum Gasteiger partial charge on any atom is 0.264 e. The average Bonchev–Trinajstić information content (AvgIpc) is 3.58. The normalized spacial score (nSPS) is 11.1. The van der Waals surface area contributed by atoms with E-state index in [1.807, 2.05) is 22.9 Å². The van der Waals surface area contributed by atoms with E-state index in [0.29, 0.717) is 27.2 Å². The van der Waals surface area contributed by atoms with Crippen LogP contribution in [-0.4, -0.2) is 29.6 Å². The number of carbonyl (C=O) groups is 1. The van der Waals surface area contributed by atoms with Crippen molar-refractivity contribution in [2.24, 2.45) is 0 Å². The molecule has 0 spiro atoms. The zero-order chi connectivity index (χ0) is 22.3. The van der Waals surface area contributed by atoms with E-state index in [2.05, 4.69) is 21.4 Å². The molecule has 0 bridgehead atoms. The van der Waals surface area contributed by atoms with Crippen LogP contribution >= 0.6 is 34.0 Å². The van der Waals surface area contributed by atoms with E-state index in [-0.39, 0.29) is 12.5 Å². The van der Waals surface area contributed by atoms with E-state index >= 15 is 0 Å². The monoisotopic (exact) mass is 480 g/mol. The molecule has 160 valence electrons. The molecule has 4 rings (SSSR count). The number of thiophene rings is 1. The van der Waals surface area contributed by atoms with E-state index < -0.39 is 0 Å². The van der Waals surface area contributed by atoms with Gasteiger partial charge in [0.05, 0.1) is 23.3 Å². The number of carbonyl (C=O) groups excluding carboxylic acids is 1. The highest BCUT2D eigenvalue weighted by atomic mass is 32.1. The number of rotatable bonds is 8. The Morgan fingerprint density at radius 3 is 2.84 bits per heavy atom. The molecule has 10 heteroatoms. The van der Waals surface area contributed by atoms with Crippen molar-refractivity contribution in [2.45, 2.75) is 0 Å². The van der Waals surface area contributed by atoms with Gasteiger partial charge in [-0.3, -0.25) is 10.1 Å². The Bertz CT molecular complexity index is 1270. The molecule has 4 aromatic rings. The van der Waals surface area contributed by atoms with Crippen LogP contribution in [0.1, 0.15) is 10.6 Å². The van der Waals surface area contributed by atoms with E-state index in [1.165, 1.54) is 29.8 Å². The number of nitrogens with zero attached hydrogens (tertiary/aromatic N) is 3. The van der Waals surface area contributed by atoms with Crippen LogP contribution in [-0.2, 0) is 4.79 Å². The van der Waals surface area contributed by atoms with Gasteiger partial charge in [0.25, 0.3) is 5.91 Å². The number of thiazole rings is 2. The summed E-state index contributed by atoms with van der Waals surface area (Å²) >= 11 is 4.36. The molecule has 1 amide bonds. The van der Waals surface area contributed by atoms with Gasteiger partial charge in [-0.2, -0.15) is 5.26 Å². The molecular formula is C22H16N4O3S3. The SMILES string of the molecule is COc1cc(/C=C(\C#N)c2nc(-c3cccs3)cs2)ccc1OCC(=O)Nc1nccs1. The molecule has 0 unspecified atom stereocenters. The molecule has 0 saturated heterocycles. The topological polar surface area (TPSA) is 97.1 Å². The minimum atomic E-state index is -0.317. The van der Waals surface area contributed by atoms with E-state index in [1.54, 1.807) is 47.2 Å². The number of ether oxygens (including phenoxy) is 2. The number of benzene rings is 1. The Labute approximate surface area is 196 Å². The number of amides is 1. The molecule has 3 aromatic heterocycles. The first-order chi connectivity index (χ1) is 15.7. The quantitative estimate of drug-likeness (QED) is 0.338. The average molecular weight is 481 g/mol. The third-order valence-corrected chi connectivity index (χ3v) is 6.62. The summed E-state index contributed by atoms with van der Waals surface area (Å²) in [5, 5.41) is 19.2. The van der Waals surface area contributed by atoms with Crippen molar-refractivity contribution >= 4 is 56.7 Å². The van der Waals surface area contributed by atoms with Gasteiger partial charge in [0.2, 0.25) is 0 Å². The Hall–Kier alpha value is -3.52. The molecule has 32 heavy (non-hydrogen) atoms. The molecule has 0 aliphatic heterocycles. The summed E-state index contributed by atoms with van der Waals surface area (Å²) in [4.78, 5) is 21.7. The maximum absolute atomic E-state index is 12.0. The first-order valence-corrected chi connectivity index (χ1v) is 11.9. The summed E-state index contributed by atoms with van der Waals surface area (Å²) in [6.07, 6.45) is 3.36. The number of aromatic nitrogens is 2. The summed E-state index contributed by atoms with van der Waals surface area (Å²) in [6, 6.07) is 11.4. The van der Waals surface area contributed by atoms with E-state index in [4.69, 9.17) is 9.47 Å². The fraction of sp³-hybridized carbons (Fsp3) is 0.0909. The fourth-order valence-corrected chi connectivity index (χ4v) is 4.81. The van der Waals surface area contributed by atoms with Gasteiger partial charge in [-0.15, -0.1) is 34.0 Å². The molecule has 0 atom stereocenters. The Kier molecular flexibility index (Phi) is 6.91. The van der Waals surface area contributed by atoms with Gasteiger partial charge >= 0.3 is 0 Å². The van der Waals surface area contributed by atoms with Crippen molar-refractivity contribution in [3.63, 3.8) is 0 Å². The number of allylic oxidation sites excluding steroid dienone is 1. The van der Waals surface area contributed by atoms with Crippen molar-refractivity contribution in [3.8, 4) is 28.1 Å². The summed E-state index contributed by atoms with van der Waals surface area (Å²) in [5.74, 6) is 0.561. The van der Waals surface area contributed by atoms with Gasteiger partial charge in [-0.25, -0.2) is 9.97 Å². The maximum atomic E-state index is 12.0. The molecule has 1 aromatic carbocycles. The highest BCUT2D eigenvalue weighted by Crippen LogP contribution is 2.32. The number of nitrogens with one attached hydrogen (secondary N) is 1. The lowest BCUT2D eigenvalue weighted by atomic mass is 10.1. The van der Waals surface area contributed by atoms with Crippen LogP contribution in [0, 0.1) is 11.3 Å². The molecule has 0 aliphatic carbocycles. The van der Waals surface area contributed by atoms with Crippen LogP contribution in [0.4, 0.5) is 5.13 Å². The van der Waals surface area contributed by atoms with Crippen molar-refractivity contribution in [3.05, 3.63) is 63.2 Å². The predicted molar refractivity (Wildman–Crippen MR) is 128 cm³/mol. The van der Waals surface area contributed by atoms with Gasteiger partial charge < -0.3 is 9.47 Å². The minimum absolute atomic E-state index is 0.181. The van der Waals surface area contributed by atoms with Crippen LogP contribution in [0.15, 0.2) is 52.7 Å². The van der Waals surface area contributed by atoms with Gasteiger partial charge in [-0.1, -0.05) is 12.1 Å². The van der Waals surface area contributed by atoms with E-state index in [9.17, 15) is 10.1 Å². The molecule has 0 aliphatic rings. The van der Waals surface area contributed by atoms with E-state index in [0.717, 1.165) is 16.1 Å². The number of nitriles is 1. The number of hydrogen-bond acceptors (Lipinski definition) is 9.